The average Bonchev–Trinajstić information content (AvgIpc) is 3.17. The van der Waals surface area contributed by atoms with Gasteiger partial charge in [0.1, 0.15) is 0 Å². The van der Waals surface area contributed by atoms with E-state index in [0.29, 0.717) is 11.3 Å². The molecule has 8 heteroatoms. The van der Waals surface area contributed by atoms with Crippen molar-refractivity contribution in [2.75, 3.05) is 4.90 Å². The lowest BCUT2D eigenvalue weighted by Gasteiger charge is -2.17. The highest BCUT2D eigenvalue weighted by Crippen LogP contribution is 2.23. The van der Waals surface area contributed by atoms with E-state index in [2.05, 4.69) is 22.1 Å². The van der Waals surface area contributed by atoms with Gasteiger partial charge in [0.15, 0.2) is 0 Å². The van der Waals surface area contributed by atoms with Crippen LogP contribution in [0.1, 0.15) is 30.5 Å². The molecular formula is C18H16F2N4O2. The maximum Gasteiger partial charge on any atom is 0.314 e. The van der Waals surface area contributed by atoms with Gasteiger partial charge in [-0.1, -0.05) is 19.1 Å². The zero-order valence-corrected chi connectivity index (χ0v) is 14.0. The number of hydrogen-bond acceptors (Lipinski definition) is 5. The van der Waals surface area contributed by atoms with E-state index in [4.69, 9.17) is 4.42 Å². The first-order chi connectivity index (χ1) is 12.6. The number of carbonyl (C=O) groups is 1. The monoisotopic (exact) mass is 358 g/mol. The minimum absolute atomic E-state index is 0.0262. The van der Waals surface area contributed by atoms with Gasteiger partial charge in [0.25, 0.3) is 5.89 Å². The van der Waals surface area contributed by atoms with Gasteiger partial charge < -0.3 is 9.32 Å². The first kappa shape index (κ1) is 17.7. The van der Waals surface area contributed by atoms with Crippen molar-refractivity contribution in [2.45, 2.75) is 26.3 Å². The van der Waals surface area contributed by atoms with E-state index in [9.17, 15) is 13.6 Å². The van der Waals surface area contributed by atoms with E-state index in [1.807, 2.05) is 24.3 Å². The number of nitrogens with zero attached hydrogens (tertiary/aromatic N) is 4. The van der Waals surface area contributed by atoms with E-state index in [1.165, 1.54) is 16.7 Å². The Labute approximate surface area is 148 Å². The number of aryl methyl sites for hydroxylation is 1. The minimum Gasteiger partial charge on any atom is -0.415 e. The molecule has 1 aromatic carbocycles. The summed E-state index contributed by atoms with van der Waals surface area (Å²) in [6.07, 6.45) is 0.293. The minimum atomic E-state index is -2.82. The third kappa shape index (κ3) is 3.90. The first-order valence-electron chi connectivity index (χ1n) is 7.98. The number of rotatable bonds is 7. The second-order valence-electron chi connectivity index (χ2n) is 5.54. The summed E-state index contributed by atoms with van der Waals surface area (Å²) in [7, 11) is 0. The number of hydrogen-bond donors (Lipinski definition) is 0. The molecule has 134 valence electrons. The van der Waals surface area contributed by atoms with Crippen molar-refractivity contribution in [1.82, 2.24) is 15.2 Å². The number of carbonyl (C=O) groups excluding carboxylic acids is 1. The van der Waals surface area contributed by atoms with Crippen molar-refractivity contribution < 1.29 is 18.0 Å². The van der Waals surface area contributed by atoms with E-state index < -0.39 is 12.3 Å². The fraction of sp³-hybridized carbons (Fsp3) is 0.222. The fourth-order valence-corrected chi connectivity index (χ4v) is 2.37. The van der Waals surface area contributed by atoms with Crippen LogP contribution in [0.4, 0.5) is 14.5 Å². The summed E-state index contributed by atoms with van der Waals surface area (Å²) in [6, 6.07) is 11.0. The Bertz CT molecular complexity index is 864. The highest BCUT2D eigenvalue weighted by Gasteiger charge is 2.17. The van der Waals surface area contributed by atoms with Gasteiger partial charge in [0.2, 0.25) is 12.3 Å². The second-order valence-corrected chi connectivity index (χ2v) is 5.54. The van der Waals surface area contributed by atoms with E-state index in [1.54, 1.807) is 12.1 Å². The average molecular weight is 358 g/mol. The maximum absolute atomic E-state index is 12.5. The van der Waals surface area contributed by atoms with Gasteiger partial charge in [-0.3, -0.25) is 9.78 Å². The lowest BCUT2D eigenvalue weighted by Crippen LogP contribution is -2.20. The zero-order valence-electron chi connectivity index (χ0n) is 14.0. The molecule has 2 aromatic heterocycles. The van der Waals surface area contributed by atoms with E-state index >= 15 is 0 Å². The molecule has 0 bridgehead atoms. The van der Waals surface area contributed by atoms with Gasteiger partial charge in [0.05, 0.1) is 17.8 Å². The molecule has 0 unspecified atom stereocenters. The topological polar surface area (TPSA) is 72.1 Å². The molecule has 26 heavy (non-hydrogen) atoms. The van der Waals surface area contributed by atoms with E-state index in [0.717, 1.165) is 18.5 Å². The Kier molecular flexibility index (Phi) is 5.31. The predicted octanol–water partition coefficient (Wildman–Crippen LogP) is 3.79. The van der Waals surface area contributed by atoms with Crippen molar-refractivity contribution in [3.05, 3.63) is 59.7 Å². The van der Waals surface area contributed by atoms with Crippen LogP contribution < -0.4 is 4.90 Å². The molecule has 1 amide bonds. The number of aromatic nitrogens is 3. The molecule has 2 heterocycles. The molecule has 6 nitrogen and oxygen atoms in total. The SMILES string of the molecule is CCc1ccc(N(C=O)Cc2ccc(-c3nnc(C(F)F)o3)cn2)cc1. The normalized spacial score (nSPS) is 10.9. The zero-order chi connectivity index (χ0) is 18.5. The van der Waals surface area contributed by atoms with Crippen LogP contribution in [0.15, 0.2) is 47.0 Å². The van der Waals surface area contributed by atoms with Gasteiger partial charge in [-0.2, -0.15) is 8.78 Å². The summed E-state index contributed by atoms with van der Waals surface area (Å²) in [6.45, 7) is 2.34. The molecule has 0 saturated heterocycles. The Hall–Kier alpha value is -3.16. The summed E-state index contributed by atoms with van der Waals surface area (Å²) >= 11 is 0. The fourth-order valence-electron chi connectivity index (χ4n) is 2.37. The smallest absolute Gasteiger partial charge is 0.314 e. The second kappa shape index (κ2) is 7.81. The van der Waals surface area contributed by atoms with Crippen molar-refractivity contribution >= 4 is 12.1 Å². The van der Waals surface area contributed by atoms with Crippen LogP contribution >= 0.6 is 0 Å². The quantitative estimate of drug-likeness (QED) is 0.601. The molecule has 0 aliphatic carbocycles. The number of pyridine rings is 1. The number of benzene rings is 1. The highest BCUT2D eigenvalue weighted by molar-refractivity contribution is 5.75. The van der Waals surface area contributed by atoms with Gasteiger partial charge in [-0.15, -0.1) is 10.2 Å². The Morgan fingerprint density at radius 1 is 1.15 bits per heavy atom. The van der Waals surface area contributed by atoms with Crippen molar-refractivity contribution in [3.63, 3.8) is 0 Å². The molecule has 0 spiro atoms. The molecule has 0 fully saturated rings. The third-order valence-electron chi connectivity index (χ3n) is 3.83. The third-order valence-corrected chi connectivity index (χ3v) is 3.83. The van der Waals surface area contributed by atoms with Gasteiger partial charge in [-0.05, 0) is 36.2 Å². The number of alkyl halides is 2. The summed E-state index contributed by atoms with van der Waals surface area (Å²) in [5.41, 5.74) is 3.01. The Morgan fingerprint density at radius 2 is 1.92 bits per heavy atom. The number of anilines is 1. The van der Waals surface area contributed by atoms with Crippen LogP contribution in [-0.4, -0.2) is 21.6 Å². The molecule has 0 aliphatic heterocycles. The molecule has 0 N–H and O–H groups in total. The summed E-state index contributed by atoms with van der Waals surface area (Å²) in [4.78, 5) is 17.2. The summed E-state index contributed by atoms with van der Waals surface area (Å²) in [5.74, 6) is -0.756. The van der Waals surface area contributed by atoms with Crippen LogP contribution in [-0.2, 0) is 17.8 Å². The Balaban J connectivity index is 1.73. The van der Waals surface area contributed by atoms with Crippen LogP contribution in [0.5, 0.6) is 0 Å². The molecule has 0 atom stereocenters. The lowest BCUT2D eigenvalue weighted by molar-refractivity contribution is -0.107. The Morgan fingerprint density at radius 3 is 2.46 bits per heavy atom. The van der Waals surface area contributed by atoms with Gasteiger partial charge >= 0.3 is 6.43 Å². The van der Waals surface area contributed by atoms with Crippen LogP contribution in [0.2, 0.25) is 0 Å². The molecular weight excluding hydrogens is 342 g/mol. The maximum atomic E-state index is 12.5. The lowest BCUT2D eigenvalue weighted by atomic mass is 10.1. The molecule has 3 rings (SSSR count). The van der Waals surface area contributed by atoms with Crippen LogP contribution in [0.3, 0.4) is 0 Å². The van der Waals surface area contributed by atoms with Gasteiger partial charge in [0, 0.05) is 11.9 Å². The van der Waals surface area contributed by atoms with Crippen molar-refractivity contribution in [3.8, 4) is 11.5 Å². The largest absolute Gasteiger partial charge is 0.415 e. The first-order valence-corrected chi connectivity index (χ1v) is 7.98. The van der Waals surface area contributed by atoms with Crippen LogP contribution in [0.25, 0.3) is 11.5 Å². The van der Waals surface area contributed by atoms with Crippen molar-refractivity contribution in [1.29, 1.82) is 0 Å². The van der Waals surface area contributed by atoms with E-state index in [-0.39, 0.29) is 12.4 Å². The number of halogens is 2. The van der Waals surface area contributed by atoms with Crippen molar-refractivity contribution in [2.24, 2.45) is 0 Å². The van der Waals surface area contributed by atoms with Gasteiger partial charge in [-0.25, -0.2) is 0 Å². The molecule has 3 aromatic rings. The summed E-state index contributed by atoms with van der Waals surface area (Å²) < 4.78 is 29.9. The molecule has 0 saturated carbocycles. The van der Waals surface area contributed by atoms with Crippen LogP contribution in [0, 0.1) is 0 Å². The standard InChI is InChI=1S/C18H16F2N4O2/c1-2-12-3-7-15(8-4-12)24(11-25)10-14-6-5-13(9-21-14)17-22-23-18(26-17)16(19)20/h3-9,11,16H,2,10H2,1H3. The highest BCUT2D eigenvalue weighted by atomic mass is 19.3. The predicted molar refractivity (Wildman–Crippen MR) is 90.6 cm³/mol. The molecule has 0 aliphatic rings. The molecule has 0 radical (unpaired) electrons. The number of amides is 1. The summed E-state index contributed by atoms with van der Waals surface area (Å²) in [5, 5.41) is 6.86.